The highest BCUT2D eigenvalue weighted by atomic mass is 32.1. The molecule has 16 heavy (non-hydrogen) atoms. The second-order valence-electron chi connectivity index (χ2n) is 3.55. The summed E-state index contributed by atoms with van der Waals surface area (Å²) in [5.74, 6) is 0. The number of aromatic nitrogens is 2. The lowest BCUT2D eigenvalue weighted by Gasteiger charge is -2.17. The summed E-state index contributed by atoms with van der Waals surface area (Å²) in [4.78, 5) is 2.08. The van der Waals surface area contributed by atoms with Crippen molar-refractivity contribution in [2.45, 2.75) is 13.1 Å². The molecule has 1 heterocycles. The lowest BCUT2D eigenvalue weighted by atomic mass is 10.1. The van der Waals surface area contributed by atoms with Gasteiger partial charge in [-0.1, -0.05) is 35.6 Å². The van der Waals surface area contributed by atoms with Gasteiger partial charge in [-0.3, -0.25) is 0 Å². The Hall–Kier alpha value is -1.46. The van der Waals surface area contributed by atoms with Crippen LogP contribution in [0, 0.1) is 0 Å². The zero-order valence-electron chi connectivity index (χ0n) is 9.13. The maximum absolute atomic E-state index is 5.70. The molecular formula is C11H14N4S. The molecule has 2 aromatic rings. The van der Waals surface area contributed by atoms with Crippen LogP contribution in [0.15, 0.2) is 29.8 Å². The Bertz CT molecular complexity index is 441. The van der Waals surface area contributed by atoms with E-state index < -0.39 is 0 Å². The predicted octanol–water partition coefficient (Wildman–Crippen LogP) is 1.63. The first-order valence-electron chi connectivity index (χ1n) is 5.05. The van der Waals surface area contributed by atoms with Crippen molar-refractivity contribution in [2.75, 3.05) is 11.9 Å². The first-order valence-corrected chi connectivity index (χ1v) is 5.93. The quantitative estimate of drug-likeness (QED) is 0.873. The first kappa shape index (κ1) is 11.0. The molecule has 5 heteroatoms. The molecule has 1 aromatic heterocycles. The lowest BCUT2D eigenvalue weighted by Crippen LogP contribution is -2.18. The smallest absolute Gasteiger partial charge is 0.208 e. The van der Waals surface area contributed by atoms with Gasteiger partial charge in [-0.15, -0.1) is 10.2 Å². The molecule has 0 bridgehead atoms. The second kappa shape index (κ2) is 5.05. The van der Waals surface area contributed by atoms with Gasteiger partial charge in [0.15, 0.2) is 0 Å². The highest BCUT2D eigenvalue weighted by molar-refractivity contribution is 7.13. The highest BCUT2D eigenvalue weighted by Crippen LogP contribution is 2.18. The summed E-state index contributed by atoms with van der Waals surface area (Å²) < 4.78 is 0. The van der Waals surface area contributed by atoms with E-state index in [1.54, 1.807) is 5.51 Å². The zero-order valence-corrected chi connectivity index (χ0v) is 9.94. The van der Waals surface area contributed by atoms with Gasteiger partial charge in [-0.25, -0.2) is 0 Å². The average Bonchev–Trinajstić information content (AvgIpc) is 2.83. The third kappa shape index (κ3) is 2.37. The maximum Gasteiger partial charge on any atom is 0.208 e. The predicted molar refractivity (Wildman–Crippen MR) is 66.3 cm³/mol. The third-order valence-corrected chi connectivity index (χ3v) is 3.22. The Kier molecular flexibility index (Phi) is 3.48. The number of rotatable bonds is 4. The summed E-state index contributed by atoms with van der Waals surface area (Å²) >= 11 is 1.54. The van der Waals surface area contributed by atoms with Crippen LogP contribution in [0.25, 0.3) is 0 Å². The van der Waals surface area contributed by atoms with Crippen LogP contribution in [0.5, 0.6) is 0 Å². The van der Waals surface area contributed by atoms with Gasteiger partial charge in [0.25, 0.3) is 0 Å². The van der Waals surface area contributed by atoms with Crippen molar-refractivity contribution in [1.29, 1.82) is 0 Å². The van der Waals surface area contributed by atoms with Gasteiger partial charge in [0.1, 0.15) is 5.51 Å². The maximum atomic E-state index is 5.70. The topological polar surface area (TPSA) is 55.0 Å². The fourth-order valence-electron chi connectivity index (χ4n) is 1.57. The molecular weight excluding hydrogens is 220 g/mol. The number of hydrogen-bond donors (Lipinski definition) is 1. The Morgan fingerprint density at radius 3 is 2.69 bits per heavy atom. The Morgan fingerprint density at radius 1 is 1.31 bits per heavy atom. The third-order valence-electron chi connectivity index (χ3n) is 2.42. The molecule has 0 spiro atoms. The summed E-state index contributed by atoms with van der Waals surface area (Å²) in [7, 11) is 2.01. The van der Waals surface area contributed by atoms with Gasteiger partial charge in [0.05, 0.1) is 0 Å². The van der Waals surface area contributed by atoms with Crippen LogP contribution in [0.4, 0.5) is 5.13 Å². The van der Waals surface area contributed by atoms with Crippen molar-refractivity contribution in [1.82, 2.24) is 10.2 Å². The number of nitrogens with zero attached hydrogens (tertiary/aromatic N) is 3. The minimum absolute atomic E-state index is 0.570. The van der Waals surface area contributed by atoms with E-state index in [-0.39, 0.29) is 0 Å². The van der Waals surface area contributed by atoms with Crippen LogP contribution < -0.4 is 10.6 Å². The van der Waals surface area contributed by atoms with E-state index >= 15 is 0 Å². The van der Waals surface area contributed by atoms with E-state index in [2.05, 4.69) is 27.2 Å². The summed E-state index contributed by atoms with van der Waals surface area (Å²) in [6.45, 7) is 1.38. The normalized spacial score (nSPS) is 10.4. The number of anilines is 1. The summed E-state index contributed by atoms with van der Waals surface area (Å²) in [5.41, 5.74) is 9.86. The van der Waals surface area contributed by atoms with Crippen LogP contribution in [0.3, 0.4) is 0 Å². The monoisotopic (exact) mass is 234 g/mol. The Labute approximate surface area is 98.7 Å². The molecule has 0 fully saturated rings. The van der Waals surface area contributed by atoms with E-state index in [9.17, 15) is 0 Å². The summed E-state index contributed by atoms with van der Waals surface area (Å²) in [6.07, 6.45) is 0. The van der Waals surface area contributed by atoms with Crippen molar-refractivity contribution in [3.05, 3.63) is 40.9 Å². The molecule has 0 saturated heterocycles. The lowest BCUT2D eigenvalue weighted by molar-refractivity contribution is 0.874. The van der Waals surface area contributed by atoms with Gasteiger partial charge in [-0.2, -0.15) is 0 Å². The van der Waals surface area contributed by atoms with E-state index in [0.717, 1.165) is 11.7 Å². The molecule has 0 amide bonds. The molecule has 0 saturated carbocycles. The van der Waals surface area contributed by atoms with Crippen LogP contribution >= 0.6 is 11.3 Å². The van der Waals surface area contributed by atoms with E-state index in [1.165, 1.54) is 22.5 Å². The van der Waals surface area contributed by atoms with Gasteiger partial charge < -0.3 is 10.6 Å². The molecule has 2 rings (SSSR count). The van der Waals surface area contributed by atoms with Crippen LogP contribution in [-0.4, -0.2) is 17.2 Å². The van der Waals surface area contributed by atoms with Crippen LogP contribution in [0.1, 0.15) is 11.1 Å². The minimum Gasteiger partial charge on any atom is -0.345 e. The minimum atomic E-state index is 0.570. The summed E-state index contributed by atoms with van der Waals surface area (Å²) in [6, 6.07) is 8.20. The molecule has 4 nitrogen and oxygen atoms in total. The van der Waals surface area contributed by atoms with Crippen molar-refractivity contribution < 1.29 is 0 Å². The van der Waals surface area contributed by atoms with Gasteiger partial charge in [-0.05, 0) is 11.1 Å². The van der Waals surface area contributed by atoms with Gasteiger partial charge >= 0.3 is 0 Å². The fourth-order valence-corrected chi connectivity index (χ4v) is 2.09. The number of benzene rings is 1. The SMILES string of the molecule is CN(Cc1ccccc1CN)c1nncs1. The average molecular weight is 234 g/mol. The molecule has 84 valence electrons. The first-order chi connectivity index (χ1) is 7.81. The standard InChI is InChI=1S/C11H14N4S/c1-15(11-14-13-8-16-11)7-10-5-3-2-4-9(10)6-12/h2-5,8H,6-7,12H2,1H3. The zero-order chi connectivity index (χ0) is 11.4. The molecule has 0 aliphatic rings. The van der Waals surface area contributed by atoms with Crippen molar-refractivity contribution in [3.8, 4) is 0 Å². The second-order valence-corrected chi connectivity index (χ2v) is 4.36. The van der Waals surface area contributed by atoms with Crippen molar-refractivity contribution in [2.24, 2.45) is 5.73 Å². The van der Waals surface area contributed by atoms with Gasteiger partial charge in [0.2, 0.25) is 5.13 Å². The largest absolute Gasteiger partial charge is 0.345 e. The fraction of sp³-hybridized carbons (Fsp3) is 0.273. The van der Waals surface area contributed by atoms with Crippen molar-refractivity contribution >= 4 is 16.5 Å². The molecule has 0 atom stereocenters. The van der Waals surface area contributed by atoms with Crippen molar-refractivity contribution in [3.63, 3.8) is 0 Å². The Balaban J connectivity index is 2.14. The molecule has 0 aliphatic carbocycles. The van der Waals surface area contributed by atoms with Crippen LogP contribution in [-0.2, 0) is 13.1 Å². The van der Waals surface area contributed by atoms with E-state index in [1.807, 2.05) is 19.2 Å². The molecule has 2 N–H and O–H groups in total. The van der Waals surface area contributed by atoms with E-state index in [4.69, 9.17) is 5.73 Å². The number of hydrogen-bond acceptors (Lipinski definition) is 5. The van der Waals surface area contributed by atoms with Crippen LogP contribution in [0.2, 0.25) is 0 Å². The summed E-state index contributed by atoms with van der Waals surface area (Å²) in [5, 5.41) is 8.78. The number of nitrogens with two attached hydrogens (primary N) is 1. The molecule has 0 radical (unpaired) electrons. The van der Waals surface area contributed by atoms with Gasteiger partial charge in [0, 0.05) is 20.1 Å². The molecule has 0 unspecified atom stereocenters. The van der Waals surface area contributed by atoms with E-state index in [0.29, 0.717) is 6.54 Å². The Morgan fingerprint density at radius 2 is 2.06 bits per heavy atom. The highest BCUT2D eigenvalue weighted by Gasteiger charge is 2.07. The molecule has 0 aliphatic heterocycles. The molecule has 1 aromatic carbocycles.